The lowest BCUT2D eigenvalue weighted by Gasteiger charge is -2.17. The number of benzene rings is 2. The van der Waals surface area contributed by atoms with Gasteiger partial charge in [0.05, 0.1) is 29.4 Å². The van der Waals surface area contributed by atoms with Gasteiger partial charge in [-0.3, -0.25) is 9.69 Å². The van der Waals surface area contributed by atoms with Crippen LogP contribution in [0.4, 0.5) is 5.69 Å². The van der Waals surface area contributed by atoms with Crippen LogP contribution in [-0.4, -0.2) is 28.9 Å². The Morgan fingerprint density at radius 2 is 2.04 bits per heavy atom. The van der Waals surface area contributed by atoms with E-state index in [4.69, 9.17) is 40.2 Å². The Morgan fingerprint density at radius 3 is 2.81 bits per heavy atom. The highest BCUT2D eigenvalue weighted by molar-refractivity contribution is 8.26. The summed E-state index contributed by atoms with van der Waals surface area (Å²) in [4.78, 5) is 14.7. The van der Waals surface area contributed by atoms with E-state index >= 15 is 0 Å². The molecule has 1 saturated heterocycles. The van der Waals surface area contributed by atoms with Gasteiger partial charge in [0.15, 0.2) is 0 Å². The number of halogens is 2. The Hall–Kier alpha value is -1.73. The van der Waals surface area contributed by atoms with Crippen LogP contribution in [0, 0.1) is 0 Å². The van der Waals surface area contributed by atoms with Crippen LogP contribution in [0.3, 0.4) is 0 Å². The number of hydrogen-bond donors (Lipinski definition) is 1. The molecule has 0 unspecified atom stereocenters. The second kappa shape index (κ2) is 8.31. The highest BCUT2D eigenvalue weighted by atomic mass is 35.5. The van der Waals surface area contributed by atoms with E-state index in [-0.39, 0.29) is 12.6 Å². The summed E-state index contributed by atoms with van der Waals surface area (Å²) in [5.41, 5.74) is 1.46. The van der Waals surface area contributed by atoms with Crippen molar-refractivity contribution in [1.82, 2.24) is 4.90 Å². The van der Waals surface area contributed by atoms with E-state index in [0.29, 0.717) is 30.7 Å². The van der Waals surface area contributed by atoms with Crippen molar-refractivity contribution in [2.75, 3.05) is 19.1 Å². The molecule has 0 bridgehead atoms. The summed E-state index contributed by atoms with van der Waals surface area (Å²) in [6.07, 6.45) is 1.78. The molecule has 1 fully saturated rings. The van der Waals surface area contributed by atoms with Crippen molar-refractivity contribution in [1.29, 1.82) is 0 Å². The molecule has 0 radical (unpaired) electrons. The van der Waals surface area contributed by atoms with Crippen molar-refractivity contribution < 1.29 is 9.53 Å². The first-order chi connectivity index (χ1) is 12.5. The lowest BCUT2D eigenvalue weighted by molar-refractivity contribution is -0.121. The SMILES string of the molecule is COc1ccccc1C=C1SC(=S)N(CNc2cc(Cl)ccc2Cl)C1=O. The molecule has 1 aliphatic heterocycles. The van der Waals surface area contributed by atoms with Crippen LogP contribution in [0.1, 0.15) is 5.56 Å². The van der Waals surface area contributed by atoms with Gasteiger partial charge in [0, 0.05) is 10.6 Å². The smallest absolute Gasteiger partial charge is 0.267 e. The van der Waals surface area contributed by atoms with Crippen LogP contribution in [0.25, 0.3) is 6.08 Å². The van der Waals surface area contributed by atoms with Crippen molar-refractivity contribution in [2.45, 2.75) is 0 Å². The molecule has 1 N–H and O–H groups in total. The maximum atomic E-state index is 12.7. The summed E-state index contributed by atoms with van der Waals surface area (Å²) < 4.78 is 5.80. The second-order valence-corrected chi connectivity index (χ2v) is 7.83. The predicted molar refractivity (Wildman–Crippen MR) is 113 cm³/mol. The number of thiocarbonyl (C=S) groups is 1. The van der Waals surface area contributed by atoms with Gasteiger partial charge in [-0.05, 0) is 30.3 Å². The van der Waals surface area contributed by atoms with E-state index in [1.54, 1.807) is 31.4 Å². The fourth-order valence-electron chi connectivity index (χ4n) is 2.36. The minimum absolute atomic E-state index is 0.170. The summed E-state index contributed by atoms with van der Waals surface area (Å²) >= 11 is 18.7. The number of anilines is 1. The number of thioether (sulfide) groups is 1. The molecule has 8 heteroatoms. The number of hydrogen-bond acceptors (Lipinski definition) is 5. The highest BCUT2D eigenvalue weighted by Crippen LogP contribution is 2.34. The minimum Gasteiger partial charge on any atom is -0.496 e. The number of para-hydroxylation sites is 1. The molecule has 4 nitrogen and oxygen atoms in total. The zero-order chi connectivity index (χ0) is 18.7. The first-order valence-corrected chi connectivity index (χ1v) is 9.55. The number of methoxy groups -OCH3 is 1. The van der Waals surface area contributed by atoms with Gasteiger partial charge < -0.3 is 10.1 Å². The quantitative estimate of drug-likeness (QED) is 0.522. The molecule has 26 heavy (non-hydrogen) atoms. The normalized spacial score (nSPS) is 15.7. The van der Waals surface area contributed by atoms with E-state index in [1.165, 1.54) is 16.7 Å². The van der Waals surface area contributed by atoms with E-state index < -0.39 is 0 Å². The van der Waals surface area contributed by atoms with Gasteiger partial charge in [-0.1, -0.05) is 65.4 Å². The van der Waals surface area contributed by atoms with Gasteiger partial charge in [0.25, 0.3) is 5.91 Å². The number of carbonyl (C=O) groups excluding carboxylic acids is 1. The summed E-state index contributed by atoms with van der Waals surface area (Å²) in [5, 5.41) is 4.17. The van der Waals surface area contributed by atoms with Crippen molar-refractivity contribution in [3.63, 3.8) is 0 Å². The summed E-state index contributed by atoms with van der Waals surface area (Å²) in [5.74, 6) is 0.526. The van der Waals surface area contributed by atoms with Crippen LogP contribution < -0.4 is 10.1 Å². The van der Waals surface area contributed by atoms with Gasteiger partial charge in [-0.15, -0.1) is 0 Å². The standard InChI is InChI=1S/C18H14Cl2N2O2S2/c1-24-15-5-3-2-4-11(15)8-16-17(23)22(18(25)26-16)10-21-14-9-12(19)6-7-13(14)20/h2-9,21H,10H2,1H3. The van der Waals surface area contributed by atoms with Crippen LogP contribution >= 0.6 is 47.2 Å². The third-order valence-electron chi connectivity index (χ3n) is 3.66. The third-order valence-corrected chi connectivity index (χ3v) is 5.60. The van der Waals surface area contributed by atoms with Crippen molar-refractivity contribution >= 4 is 69.2 Å². The minimum atomic E-state index is -0.170. The van der Waals surface area contributed by atoms with Crippen LogP contribution in [0.15, 0.2) is 47.4 Å². The van der Waals surface area contributed by atoms with E-state index in [0.717, 1.165) is 5.56 Å². The van der Waals surface area contributed by atoms with Gasteiger partial charge in [-0.2, -0.15) is 0 Å². The van der Waals surface area contributed by atoms with E-state index in [9.17, 15) is 4.79 Å². The number of rotatable bonds is 5. The molecule has 0 spiro atoms. The monoisotopic (exact) mass is 424 g/mol. The molecular weight excluding hydrogens is 411 g/mol. The molecule has 0 saturated carbocycles. The maximum absolute atomic E-state index is 12.7. The molecule has 1 aliphatic rings. The first kappa shape index (κ1) is 19.0. The van der Waals surface area contributed by atoms with E-state index in [2.05, 4.69) is 5.32 Å². The molecule has 0 aliphatic carbocycles. The Balaban J connectivity index is 1.77. The topological polar surface area (TPSA) is 41.6 Å². The lowest BCUT2D eigenvalue weighted by atomic mass is 10.2. The molecule has 0 atom stereocenters. The number of nitrogens with one attached hydrogen (secondary N) is 1. The zero-order valence-corrected chi connectivity index (χ0v) is 16.8. The summed E-state index contributed by atoms with van der Waals surface area (Å²) in [6.45, 7) is 0.202. The first-order valence-electron chi connectivity index (χ1n) is 7.57. The maximum Gasteiger partial charge on any atom is 0.267 e. The van der Waals surface area contributed by atoms with Crippen LogP contribution in [-0.2, 0) is 4.79 Å². The molecule has 1 heterocycles. The molecule has 3 rings (SSSR count). The average Bonchev–Trinajstić information content (AvgIpc) is 2.89. The molecule has 1 amide bonds. The Kier molecular flexibility index (Phi) is 6.09. The van der Waals surface area contributed by atoms with Gasteiger partial charge in [0.1, 0.15) is 10.1 Å². The average molecular weight is 425 g/mol. The van der Waals surface area contributed by atoms with Crippen LogP contribution in [0.5, 0.6) is 5.75 Å². The van der Waals surface area contributed by atoms with E-state index in [1.807, 2.05) is 24.3 Å². The second-order valence-electron chi connectivity index (χ2n) is 5.31. The highest BCUT2D eigenvalue weighted by Gasteiger charge is 2.32. The van der Waals surface area contributed by atoms with Gasteiger partial charge in [0.2, 0.25) is 0 Å². The third kappa shape index (κ3) is 4.15. The summed E-state index contributed by atoms with van der Waals surface area (Å²) in [7, 11) is 1.59. The van der Waals surface area contributed by atoms with Crippen molar-refractivity contribution in [3.8, 4) is 5.75 Å². The van der Waals surface area contributed by atoms with Crippen molar-refractivity contribution in [2.24, 2.45) is 0 Å². The van der Waals surface area contributed by atoms with Gasteiger partial charge >= 0.3 is 0 Å². The fraction of sp³-hybridized carbons (Fsp3) is 0.111. The number of ether oxygens (including phenoxy) is 1. The molecule has 0 aromatic heterocycles. The molecule has 134 valence electrons. The number of carbonyl (C=O) groups is 1. The zero-order valence-electron chi connectivity index (χ0n) is 13.7. The Morgan fingerprint density at radius 1 is 1.27 bits per heavy atom. The van der Waals surface area contributed by atoms with Gasteiger partial charge in [-0.25, -0.2) is 0 Å². The van der Waals surface area contributed by atoms with Crippen LogP contribution in [0.2, 0.25) is 10.0 Å². The molecule has 2 aromatic carbocycles. The predicted octanol–water partition coefficient (Wildman–Crippen LogP) is 5.27. The molecular formula is C18H14Cl2N2O2S2. The molecule has 2 aromatic rings. The number of amides is 1. The summed E-state index contributed by atoms with van der Waals surface area (Å²) in [6, 6.07) is 12.6. The number of nitrogens with zero attached hydrogens (tertiary/aromatic N) is 1. The Bertz CT molecular complexity index is 903. The van der Waals surface area contributed by atoms with Crippen molar-refractivity contribution in [3.05, 3.63) is 63.0 Å². The largest absolute Gasteiger partial charge is 0.496 e. The lowest BCUT2D eigenvalue weighted by Crippen LogP contribution is -2.33. The Labute approximate surface area is 171 Å². The fourth-order valence-corrected chi connectivity index (χ4v) is 3.96.